The molecule has 0 amide bonds. The van der Waals surface area contributed by atoms with Gasteiger partial charge in [-0.25, -0.2) is 0 Å². The summed E-state index contributed by atoms with van der Waals surface area (Å²) in [4.78, 5) is 0.175. The van der Waals surface area contributed by atoms with Crippen LogP contribution in [0.5, 0.6) is 0 Å². The lowest BCUT2D eigenvalue weighted by molar-refractivity contribution is 0.180. The molecule has 4 nitrogen and oxygen atoms in total. The van der Waals surface area contributed by atoms with Crippen molar-refractivity contribution < 1.29 is 12.6 Å². The predicted molar refractivity (Wildman–Crippen MR) is 66.3 cm³/mol. The molecule has 4 fully saturated rings. The van der Waals surface area contributed by atoms with Gasteiger partial charge in [-0.3, -0.25) is 4.18 Å². The van der Waals surface area contributed by atoms with Crippen LogP contribution in [0.4, 0.5) is 0 Å². The van der Waals surface area contributed by atoms with Crippen LogP contribution in [0.2, 0.25) is 0 Å². The molecule has 5 rings (SSSR count). The number of nitriles is 1. The molecule has 0 aromatic heterocycles. The maximum absolute atomic E-state index is 12.2. The minimum atomic E-state index is -3.75. The summed E-state index contributed by atoms with van der Waals surface area (Å²) in [6.07, 6.45) is -0.420. The van der Waals surface area contributed by atoms with Crippen LogP contribution in [0, 0.1) is 47.8 Å². The van der Waals surface area contributed by atoms with Gasteiger partial charge in [-0.05, 0) is 42.7 Å². The van der Waals surface area contributed by atoms with Gasteiger partial charge >= 0.3 is 0 Å². The molecule has 0 saturated heterocycles. The third-order valence-electron chi connectivity index (χ3n) is 4.78. The van der Waals surface area contributed by atoms with Crippen molar-refractivity contribution in [2.24, 2.45) is 29.6 Å². The molecule has 4 aliphatic rings. The Bertz CT molecular complexity index is 678. The van der Waals surface area contributed by atoms with E-state index in [-0.39, 0.29) is 10.8 Å². The molecule has 4 aliphatic carbocycles. The summed E-state index contributed by atoms with van der Waals surface area (Å²) in [6.45, 7) is 1.90. The number of rotatable bonds is 3. The maximum atomic E-state index is 12.2. The van der Waals surface area contributed by atoms with E-state index < -0.39 is 16.2 Å². The Morgan fingerprint density at radius 1 is 1.11 bits per heavy atom. The highest BCUT2D eigenvalue weighted by molar-refractivity contribution is 7.86. The fraction of sp³-hybridized carbons (Fsp3) is 0.500. The summed E-state index contributed by atoms with van der Waals surface area (Å²) in [6, 6.07) is 8.82. The second kappa shape index (κ2) is 3.38. The number of fused-ring (bicyclic) bond motifs is 1. The largest absolute Gasteiger partial charge is 0.297 e. The molecular formula is C14H13NO3S. The number of nitrogens with zero attached hydrogens (tertiary/aromatic N) is 1. The second-order valence-corrected chi connectivity index (χ2v) is 7.36. The summed E-state index contributed by atoms with van der Waals surface area (Å²) in [7, 11) is -3.75. The average molecular weight is 275 g/mol. The van der Waals surface area contributed by atoms with Crippen LogP contribution in [-0.2, 0) is 14.3 Å². The lowest BCUT2D eigenvalue weighted by Gasteiger charge is -2.14. The summed E-state index contributed by atoms with van der Waals surface area (Å²) in [5.74, 6) is 1.63. The number of aryl methyl sites for hydroxylation is 1. The van der Waals surface area contributed by atoms with E-state index in [1.165, 1.54) is 0 Å². The summed E-state index contributed by atoms with van der Waals surface area (Å²) >= 11 is 0. The van der Waals surface area contributed by atoms with Gasteiger partial charge < -0.3 is 0 Å². The SMILES string of the molecule is Cc1ccc(S(=O)(=O)OC2C(C#N)C3C4C2C34)cc1. The van der Waals surface area contributed by atoms with Crippen molar-refractivity contribution in [1.82, 2.24) is 0 Å². The zero-order valence-electron chi connectivity index (χ0n) is 10.4. The van der Waals surface area contributed by atoms with Crippen molar-refractivity contribution >= 4 is 10.1 Å². The molecular weight excluding hydrogens is 262 g/mol. The standard InChI is InChI=1S/C14H13NO3S/c1-7-2-4-8(5-3-7)19(16,17)18-14-9(6-15)10-11-12(10)13(11)14/h2-5,9-14H,1H3. The van der Waals surface area contributed by atoms with Gasteiger partial charge in [-0.2, -0.15) is 13.7 Å². The normalized spacial score (nSPS) is 41.5. The molecule has 0 spiro atoms. The lowest BCUT2D eigenvalue weighted by Crippen LogP contribution is -2.23. The van der Waals surface area contributed by atoms with Gasteiger partial charge in [-0.15, -0.1) is 0 Å². The van der Waals surface area contributed by atoms with Gasteiger partial charge in [0.05, 0.1) is 23.0 Å². The van der Waals surface area contributed by atoms with E-state index in [0.717, 1.165) is 5.56 Å². The van der Waals surface area contributed by atoms with Crippen LogP contribution < -0.4 is 0 Å². The molecule has 5 heteroatoms. The maximum Gasteiger partial charge on any atom is 0.297 e. The van der Waals surface area contributed by atoms with E-state index in [9.17, 15) is 8.42 Å². The molecule has 0 aliphatic heterocycles. The molecule has 0 N–H and O–H groups in total. The molecule has 0 heterocycles. The highest BCUT2D eigenvalue weighted by Gasteiger charge is 2.85. The second-order valence-electron chi connectivity index (χ2n) is 5.79. The van der Waals surface area contributed by atoms with Crippen molar-refractivity contribution in [2.75, 3.05) is 0 Å². The first-order valence-corrected chi connectivity index (χ1v) is 7.85. The molecule has 0 radical (unpaired) electrons. The van der Waals surface area contributed by atoms with Gasteiger partial charge in [0, 0.05) is 0 Å². The quantitative estimate of drug-likeness (QED) is 0.788. The lowest BCUT2D eigenvalue weighted by atomic mass is 10.1. The van der Waals surface area contributed by atoms with Crippen LogP contribution in [0.25, 0.3) is 0 Å². The zero-order chi connectivity index (χ0) is 13.4. The number of benzene rings is 1. The molecule has 4 atom stereocenters. The van der Waals surface area contributed by atoms with E-state index in [4.69, 9.17) is 9.44 Å². The Kier molecular flexibility index (Phi) is 2.04. The van der Waals surface area contributed by atoms with Gasteiger partial charge in [0.2, 0.25) is 0 Å². The minimum Gasteiger partial charge on any atom is -0.261 e. The Balaban J connectivity index is 1.59. The molecule has 1 aromatic rings. The Hall–Kier alpha value is -1.38. The van der Waals surface area contributed by atoms with Crippen molar-refractivity contribution in [2.45, 2.75) is 17.9 Å². The van der Waals surface area contributed by atoms with Crippen molar-refractivity contribution in [1.29, 1.82) is 5.26 Å². The van der Waals surface area contributed by atoms with E-state index >= 15 is 0 Å². The summed E-state index contributed by atoms with van der Waals surface area (Å²) in [5.41, 5.74) is 1.00. The fourth-order valence-corrected chi connectivity index (χ4v) is 4.82. The van der Waals surface area contributed by atoms with E-state index in [2.05, 4.69) is 6.07 Å². The first kappa shape index (κ1) is 11.4. The smallest absolute Gasteiger partial charge is 0.261 e. The van der Waals surface area contributed by atoms with E-state index in [0.29, 0.717) is 23.7 Å². The molecule has 19 heavy (non-hydrogen) atoms. The minimum absolute atomic E-state index is 0.175. The summed E-state index contributed by atoms with van der Waals surface area (Å²) in [5, 5.41) is 9.13. The van der Waals surface area contributed by atoms with Crippen molar-refractivity contribution in [3.63, 3.8) is 0 Å². The molecule has 1 aromatic carbocycles. The Morgan fingerprint density at radius 3 is 2.32 bits per heavy atom. The highest BCUT2D eigenvalue weighted by atomic mass is 32.2. The third-order valence-corrected chi connectivity index (χ3v) is 6.11. The van der Waals surface area contributed by atoms with Crippen LogP contribution >= 0.6 is 0 Å². The molecule has 4 unspecified atom stereocenters. The zero-order valence-corrected chi connectivity index (χ0v) is 11.2. The Morgan fingerprint density at radius 2 is 1.74 bits per heavy atom. The first-order chi connectivity index (χ1) is 9.04. The van der Waals surface area contributed by atoms with Crippen LogP contribution in [0.15, 0.2) is 29.2 Å². The van der Waals surface area contributed by atoms with Gasteiger partial charge in [0.1, 0.15) is 0 Å². The van der Waals surface area contributed by atoms with Gasteiger partial charge in [0.25, 0.3) is 10.1 Å². The van der Waals surface area contributed by atoms with Crippen molar-refractivity contribution in [3.8, 4) is 6.07 Å². The monoisotopic (exact) mass is 275 g/mol. The number of hydrogen-bond acceptors (Lipinski definition) is 4. The van der Waals surface area contributed by atoms with Gasteiger partial charge in [-0.1, -0.05) is 17.7 Å². The fourth-order valence-electron chi connectivity index (χ4n) is 3.70. The predicted octanol–water partition coefficient (Wildman–Crippen LogP) is 1.71. The van der Waals surface area contributed by atoms with Crippen molar-refractivity contribution in [3.05, 3.63) is 29.8 Å². The highest BCUT2D eigenvalue weighted by Crippen LogP contribution is 2.84. The topological polar surface area (TPSA) is 67.2 Å². The number of hydrogen-bond donors (Lipinski definition) is 0. The molecule has 98 valence electrons. The Labute approximate surface area is 112 Å². The van der Waals surface area contributed by atoms with E-state index in [1.807, 2.05) is 6.92 Å². The van der Waals surface area contributed by atoms with Crippen LogP contribution in [0.1, 0.15) is 5.56 Å². The van der Waals surface area contributed by atoms with E-state index in [1.54, 1.807) is 24.3 Å². The summed E-state index contributed by atoms with van der Waals surface area (Å²) < 4.78 is 29.8. The van der Waals surface area contributed by atoms with Gasteiger partial charge in [0.15, 0.2) is 0 Å². The average Bonchev–Trinajstić information content (AvgIpc) is 3.20. The molecule has 4 saturated carbocycles. The van der Waals surface area contributed by atoms with Crippen LogP contribution in [0.3, 0.4) is 0 Å². The van der Waals surface area contributed by atoms with Crippen LogP contribution in [-0.4, -0.2) is 14.5 Å². The first-order valence-electron chi connectivity index (χ1n) is 6.44. The molecule has 2 bridgehead atoms. The third kappa shape index (κ3) is 1.44.